The first kappa shape index (κ1) is 11.3. The van der Waals surface area contributed by atoms with E-state index in [1.165, 1.54) is 32.8 Å². The van der Waals surface area contributed by atoms with Gasteiger partial charge in [-0.05, 0) is 34.8 Å². The summed E-state index contributed by atoms with van der Waals surface area (Å²) < 4.78 is 0. The molecule has 0 saturated carbocycles. The van der Waals surface area contributed by atoms with Gasteiger partial charge in [-0.15, -0.1) is 5.73 Å². The average molecular weight is 258 g/mol. The van der Waals surface area contributed by atoms with E-state index in [0.717, 1.165) is 5.75 Å². The lowest BCUT2D eigenvalue weighted by molar-refractivity contribution is 0.793. The predicted molar refractivity (Wildman–Crippen MR) is 77.8 cm³/mol. The summed E-state index contributed by atoms with van der Waals surface area (Å²) in [5.41, 5.74) is 13.7. The molecule has 0 nitrogen and oxygen atoms in total. The topological polar surface area (TPSA) is 0 Å². The third-order valence-corrected chi connectivity index (χ3v) is 5.41. The fraction of sp³-hybridized carbons (Fsp3) is 0.333. The van der Waals surface area contributed by atoms with E-state index in [-0.39, 0.29) is 0 Å². The van der Waals surface area contributed by atoms with Gasteiger partial charge in [0.05, 0.1) is 4.91 Å². The van der Waals surface area contributed by atoms with Crippen LogP contribution in [0.25, 0.3) is 0 Å². The zero-order valence-electron chi connectivity index (χ0n) is 10.3. The van der Waals surface area contributed by atoms with Gasteiger partial charge in [0, 0.05) is 22.5 Å². The van der Waals surface area contributed by atoms with Crippen molar-refractivity contribution in [3.8, 4) is 0 Å². The normalized spacial score (nSPS) is 21.9. The van der Waals surface area contributed by atoms with Gasteiger partial charge in [0.25, 0.3) is 0 Å². The summed E-state index contributed by atoms with van der Waals surface area (Å²) in [5, 5.41) is 0. The second-order valence-electron chi connectivity index (χ2n) is 4.77. The Morgan fingerprint density at radius 3 is 2.82 bits per heavy atom. The zero-order valence-corrected chi connectivity index (χ0v) is 11.9. The molecule has 86 valence electrons. The summed E-state index contributed by atoms with van der Waals surface area (Å²) in [7, 11) is 3.76. The Morgan fingerprint density at radius 1 is 1.24 bits per heavy atom. The lowest BCUT2D eigenvalue weighted by Crippen LogP contribution is -1.97. The third-order valence-electron chi connectivity index (χ3n) is 3.19. The van der Waals surface area contributed by atoms with Crippen molar-refractivity contribution in [2.75, 3.05) is 5.75 Å². The molecule has 2 heteroatoms. The summed E-state index contributed by atoms with van der Waals surface area (Å²) >= 11 is 0. The van der Waals surface area contributed by atoms with Crippen molar-refractivity contribution in [3.63, 3.8) is 0 Å². The van der Waals surface area contributed by atoms with Crippen LogP contribution in [0, 0.1) is 5.92 Å². The third kappa shape index (κ3) is 1.82. The van der Waals surface area contributed by atoms with Crippen LogP contribution in [0.2, 0.25) is 0 Å². The fourth-order valence-electron chi connectivity index (χ4n) is 2.19. The van der Waals surface area contributed by atoms with Gasteiger partial charge < -0.3 is 0 Å². The Morgan fingerprint density at radius 2 is 2.06 bits per heavy atom. The molecule has 0 atom stereocenters. The van der Waals surface area contributed by atoms with Gasteiger partial charge in [0.1, 0.15) is 0 Å². The first-order chi connectivity index (χ1) is 8.16. The molecule has 17 heavy (non-hydrogen) atoms. The highest BCUT2D eigenvalue weighted by Gasteiger charge is 2.27. The van der Waals surface area contributed by atoms with Crippen molar-refractivity contribution in [1.29, 1.82) is 0 Å². The Hall–Kier alpha value is -0.780. The van der Waals surface area contributed by atoms with Gasteiger partial charge in [0.15, 0.2) is 0 Å². The molecule has 0 unspecified atom stereocenters. The van der Waals surface area contributed by atoms with Crippen LogP contribution in [0.4, 0.5) is 0 Å². The zero-order chi connectivity index (χ0) is 12.0. The monoisotopic (exact) mass is 258 g/mol. The lowest BCUT2D eigenvalue weighted by Gasteiger charge is -2.15. The van der Waals surface area contributed by atoms with Crippen LogP contribution in [0.5, 0.6) is 0 Å². The predicted octanol–water partition coefficient (Wildman–Crippen LogP) is 4.80. The molecule has 3 rings (SSSR count). The van der Waals surface area contributed by atoms with Crippen LogP contribution in [-0.2, 0) is 0 Å². The largest absolute Gasteiger partial charge is 0.107 e. The average Bonchev–Trinajstić information content (AvgIpc) is 2.49. The molecule has 0 radical (unpaired) electrons. The van der Waals surface area contributed by atoms with Crippen LogP contribution >= 0.6 is 21.6 Å². The summed E-state index contributed by atoms with van der Waals surface area (Å²) in [5.74, 6) is 1.61. The standard InChI is InChI=1S/C15H14S2/c1-9(2)11-4-5-12-8-16-17-14-6-10(3)13(7-11)15(12)14/h4-5,9H,8H2,1-3H3. The van der Waals surface area contributed by atoms with Crippen molar-refractivity contribution < 1.29 is 0 Å². The Kier molecular flexibility index (Phi) is 2.77. The summed E-state index contributed by atoms with van der Waals surface area (Å²) in [6.45, 7) is 6.60. The van der Waals surface area contributed by atoms with Crippen LogP contribution in [0.15, 0.2) is 56.4 Å². The molecule has 0 aromatic carbocycles. The quantitative estimate of drug-likeness (QED) is 0.489. The molecule has 0 aromatic rings. The summed E-state index contributed by atoms with van der Waals surface area (Å²) in [6.07, 6.45) is 4.51. The van der Waals surface area contributed by atoms with Crippen molar-refractivity contribution in [2.45, 2.75) is 20.8 Å². The SMILES string of the molecule is CC1=C=C2SSCC3=C2C1=C=C(C(C)C)C=C3. The molecule has 0 aromatic heterocycles. The molecule has 2 aliphatic carbocycles. The maximum absolute atomic E-state index is 3.60. The fourth-order valence-corrected chi connectivity index (χ4v) is 4.53. The first-order valence-corrected chi connectivity index (χ1v) is 8.19. The highest BCUT2D eigenvalue weighted by atomic mass is 33.1. The van der Waals surface area contributed by atoms with E-state index in [4.69, 9.17) is 0 Å². The summed E-state index contributed by atoms with van der Waals surface area (Å²) in [6, 6.07) is 0. The van der Waals surface area contributed by atoms with E-state index in [1.807, 2.05) is 21.6 Å². The molecule has 0 fully saturated rings. The number of hydrogen-bond donors (Lipinski definition) is 0. The van der Waals surface area contributed by atoms with E-state index in [2.05, 4.69) is 44.4 Å². The van der Waals surface area contributed by atoms with Crippen molar-refractivity contribution >= 4 is 21.6 Å². The van der Waals surface area contributed by atoms with Gasteiger partial charge in [0.2, 0.25) is 0 Å². The van der Waals surface area contributed by atoms with E-state index in [9.17, 15) is 0 Å². The van der Waals surface area contributed by atoms with Gasteiger partial charge >= 0.3 is 0 Å². The number of hydrogen-bond acceptors (Lipinski definition) is 2. The van der Waals surface area contributed by atoms with Gasteiger partial charge in [-0.2, -0.15) is 0 Å². The van der Waals surface area contributed by atoms with Gasteiger partial charge in [-0.3, -0.25) is 0 Å². The van der Waals surface area contributed by atoms with E-state index in [0.29, 0.717) is 5.92 Å². The van der Waals surface area contributed by atoms with Crippen LogP contribution in [0.1, 0.15) is 20.8 Å². The van der Waals surface area contributed by atoms with Crippen LogP contribution in [0.3, 0.4) is 0 Å². The minimum atomic E-state index is 0.525. The minimum absolute atomic E-state index is 0.525. The molecule has 1 heterocycles. The van der Waals surface area contributed by atoms with Gasteiger partial charge in [-0.1, -0.05) is 42.5 Å². The Balaban J connectivity index is 2.26. The minimum Gasteiger partial charge on any atom is -0.107 e. The highest BCUT2D eigenvalue weighted by Crippen LogP contribution is 2.49. The second-order valence-corrected chi connectivity index (χ2v) is 7.07. The molecular formula is C15H14S2. The molecule has 0 amide bonds. The van der Waals surface area contributed by atoms with E-state index < -0.39 is 0 Å². The molecule has 0 N–H and O–H groups in total. The van der Waals surface area contributed by atoms with Crippen molar-refractivity contribution in [2.24, 2.45) is 5.92 Å². The van der Waals surface area contributed by atoms with Gasteiger partial charge in [-0.25, -0.2) is 0 Å². The lowest BCUT2D eigenvalue weighted by atomic mass is 10.0. The second kappa shape index (κ2) is 4.15. The molecule has 3 aliphatic rings. The first-order valence-electron chi connectivity index (χ1n) is 5.87. The maximum Gasteiger partial charge on any atom is 0.0692 e. The van der Waals surface area contributed by atoms with Crippen LogP contribution in [-0.4, -0.2) is 5.75 Å². The van der Waals surface area contributed by atoms with Crippen molar-refractivity contribution in [3.05, 3.63) is 56.4 Å². The van der Waals surface area contributed by atoms with Crippen LogP contribution < -0.4 is 0 Å². The Bertz CT molecular complexity index is 584. The molecule has 0 bridgehead atoms. The van der Waals surface area contributed by atoms with E-state index in [1.54, 1.807) is 0 Å². The molecule has 1 aliphatic heterocycles. The molecule has 0 saturated heterocycles. The van der Waals surface area contributed by atoms with Crippen molar-refractivity contribution in [1.82, 2.24) is 0 Å². The molecular weight excluding hydrogens is 244 g/mol. The Labute approximate surface area is 110 Å². The molecule has 0 spiro atoms. The summed E-state index contributed by atoms with van der Waals surface area (Å²) in [4.78, 5) is 1.30. The number of rotatable bonds is 1. The highest BCUT2D eigenvalue weighted by molar-refractivity contribution is 8.78. The smallest absolute Gasteiger partial charge is 0.0692 e. The maximum atomic E-state index is 3.60. The number of allylic oxidation sites excluding steroid dienone is 4. The van der Waals surface area contributed by atoms with E-state index >= 15 is 0 Å².